The SMILES string of the molecule is O=C(CNC(=O)C1CCC(CNS(=O)(=O)c2ccccc2)CC1)NC[C@@H]1CCCO1. The van der Waals surface area contributed by atoms with Gasteiger partial charge < -0.3 is 15.4 Å². The van der Waals surface area contributed by atoms with Gasteiger partial charge in [0.2, 0.25) is 21.8 Å². The molecule has 1 atom stereocenters. The Morgan fingerprint density at radius 2 is 1.70 bits per heavy atom. The predicted octanol–water partition coefficient (Wildman–Crippen LogP) is 1.18. The summed E-state index contributed by atoms with van der Waals surface area (Å²) in [5, 5.41) is 5.51. The molecule has 9 heteroatoms. The fourth-order valence-corrected chi connectivity index (χ4v) is 5.08. The van der Waals surface area contributed by atoms with Crippen LogP contribution in [0.4, 0.5) is 0 Å². The fourth-order valence-electron chi connectivity index (χ4n) is 3.95. The Balaban J connectivity index is 1.32. The van der Waals surface area contributed by atoms with Crippen molar-refractivity contribution in [2.45, 2.75) is 49.5 Å². The normalized spacial score (nSPS) is 24.3. The van der Waals surface area contributed by atoms with Crippen LogP contribution in [-0.4, -0.2) is 52.6 Å². The summed E-state index contributed by atoms with van der Waals surface area (Å²) < 4.78 is 32.8. The average Bonchev–Trinajstić information content (AvgIpc) is 3.29. The minimum Gasteiger partial charge on any atom is -0.376 e. The van der Waals surface area contributed by atoms with Crippen LogP contribution in [0.1, 0.15) is 38.5 Å². The highest BCUT2D eigenvalue weighted by atomic mass is 32.2. The first kappa shape index (κ1) is 22.7. The molecule has 0 spiro atoms. The first-order valence-corrected chi connectivity index (χ1v) is 12.1. The minimum absolute atomic E-state index is 0.0254. The summed E-state index contributed by atoms with van der Waals surface area (Å²) in [7, 11) is -3.50. The second-order valence-electron chi connectivity index (χ2n) is 8.04. The van der Waals surface area contributed by atoms with Gasteiger partial charge in [-0.25, -0.2) is 13.1 Å². The molecule has 1 saturated heterocycles. The number of carbonyl (C=O) groups is 2. The number of amides is 2. The molecule has 2 fully saturated rings. The Labute approximate surface area is 178 Å². The Bertz CT molecular complexity index is 801. The van der Waals surface area contributed by atoms with E-state index in [0.717, 1.165) is 32.3 Å². The highest BCUT2D eigenvalue weighted by Crippen LogP contribution is 2.28. The minimum atomic E-state index is -3.50. The number of benzene rings is 1. The topological polar surface area (TPSA) is 114 Å². The summed E-state index contributed by atoms with van der Waals surface area (Å²) in [5.41, 5.74) is 0. The van der Waals surface area contributed by atoms with Crippen molar-refractivity contribution in [2.24, 2.45) is 11.8 Å². The maximum Gasteiger partial charge on any atom is 0.240 e. The molecule has 1 aromatic carbocycles. The van der Waals surface area contributed by atoms with Gasteiger partial charge in [-0.2, -0.15) is 0 Å². The summed E-state index contributed by atoms with van der Waals surface area (Å²) in [5.74, 6) is -0.228. The second kappa shape index (κ2) is 10.9. The molecule has 3 N–H and O–H groups in total. The summed E-state index contributed by atoms with van der Waals surface area (Å²) >= 11 is 0. The quantitative estimate of drug-likeness (QED) is 0.537. The van der Waals surface area contributed by atoms with Gasteiger partial charge in [0.1, 0.15) is 0 Å². The maximum atomic E-state index is 12.3. The van der Waals surface area contributed by atoms with Gasteiger partial charge in [-0.1, -0.05) is 18.2 Å². The Morgan fingerprint density at radius 1 is 0.967 bits per heavy atom. The summed E-state index contributed by atoms with van der Waals surface area (Å²) in [4.78, 5) is 24.5. The van der Waals surface area contributed by atoms with Gasteiger partial charge in [-0.15, -0.1) is 0 Å². The molecule has 166 valence electrons. The molecule has 1 aromatic rings. The van der Waals surface area contributed by atoms with E-state index < -0.39 is 10.0 Å². The number of hydrogen-bond donors (Lipinski definition) is 3. The van der Waals surface area contributed by atoms with Crippen LogP contribution in [0.15, 0.2) is 35.2 Å². The molecule has 0 radical (unpaired) electrons. The van der Waals surface area contributed by atoms with Gasteiger partial charge in [0.15, 0.2) is 0 Å². The number of sulfonamides is 1. The van der Waals surface area contributed by atoms with Crippen LogP contribution in [0.25, 0.3) is 0 Å². The molecule has 0 aromatic heterocycles. The monoisotopic (exact) mass is 437 g/mol. The molecule has 1 aliphatic heterocycles. The van der Waals surface area contributed by atoms with E-state index in [-0.39, 0.29) is 41.2 Å². The number of carbonyl (C=O) groups excluding carboxylic acids is 2. The van der Waals surface area contributed by atoms with E-state index >= 15 is 0 Å². The molecule has 30 heavy (non-hydrogen) atoms. The van der Waals surface area contributed by atoms with E-state index in [1.807, 2.05) is 0 Å². The molecule has 0 unspecified atom stereocenters. The van der Waals surface area contributed by atoms with Crippen LogP contribution in [0.2, 0.25) is 0 Å². The van der Waals surface area contributed by atoms with Crippen LogP contribution >= 0.6 is 0 Å². The summed E-state index contributed by atoms with van der Waals surface area (Å²) in [6.45, 7) is 1.58. The van der Waals surface area contributed by atoms with Crippen LogP contribution in [-0.2, 0) is 24.3 Å². The predicted molar refractivity (Wildman–Crippen MR) is 112 cm³/mol. The Morgan fingerprint density at radius 3 is 2.37 bits per heavy atom. The lowest BCUT2D eigenvalue weighted by molar-refractivity contribution is -0.129. The van der Waals surface area contributed by atoms with Crippen molar-refractivity contribution in [1.82, 2.24) is 15.4 Å². The van der Waals surface area contributed by atoms with Gasteiger partial charge in [0.25, 0.3) is 0 Å². The average molecular weight is 438 g/mol. The van der Waals surface area contributed by atoms with Gasteiger partial charge in [0.05, 0.1) is 17.5 Å². The molecule has 0 bridgehead atoms. The van der Waals surface area contributed by atoms with Gasteiger partial charge in [-0.3, -0.25) is 9.59 Å². The van der Waals surface area contributed by atoms with Gasteiger partial charge in [-0.05, 0) is 56.6 Å². The van der Waals surface area contributed by atoms with Crippen molar-refractivity contribution in [1.29, 1.82) is 0 Å². The van der Waals surface area contributed by atoms with Crippen LogP contribution in [0.3, 0.4) is 0 Å². The number of hydrogen-bond acceptors (Lipinski definition) is 5. The molecule has 2 aliphatic rings. The number of ether oxygens (including phenoxy) is 1. The van der Waals surface area contributed by atoms with Crippen molar-refractivity contribution in [3.8, 4) is 0 Å². The largest absolute Gasteiger partial charge is 0.376 e. The lowest BCUT2D eigenvalue weighted by Gasteiger charge is -2.27. The van der Waals surface area contributed by atoms with E-state index in [9.17, 15) is 18.0 Å². The molecular formula is C21H31N3O5S. The smallest absolute Gasteiger partial charge is 0.240 e. The summed E-state index contributed by atoms with van der Waals surface area (Å²) in [6, 6.07) is 8.31. The first-order chi connectivity index (χ1) is 14.4. The second-order valence-corrected chi connectivity index (χ2v) is 9.81. The molecular weight excluding hydrogens is 406 g/mol. The molecule has 1 saturated carbocycles. The van der Waals surface area contributed by atoms with Gasteiger partial charge in [0, 0.05) is 25.6 Å². The molecule has 3 rings (SSSR count). The standard InChI is InChI=1S/C21H31N3O5S/c25-20(22-14-18-5-4-12-29-18)15-23-21(26)17-10-8-16(9-11-17)13-24-30(27,28)19-6-2-1-3-7-19/h1-3,6-7,16-18,24H,4-5,8-15H2,(H,22,25)(H,23,26)/t16?,17?,18-/m0/s1. The first-order valence-electron chi connectivity index (χ1n) is 10.6. The van der Waals surface area contributed by atoms with Crippen molar-refractivity contribution >= 4 is 21.8 Å². The third-order valence-electron chi connectivity index (χ3n) is 5.81. The zero-order valence-corrected chi connectivity index (χ0v) is 18.0. The number of rotatable bonds is 9. The van der Waals surface area contributed by atoms with Crippen LogP contribution in [0.5, 0.6) is 0 Å². The van der Waals surface area contributed by atoms with Crippen LogP contribution < -0.4 is 15.4 Å². The lowest BCUT2D eigenvalue weighted by Crippen LogP contribution is -2.42. The zero-order chi connectivity index (χ0) is 21.4. The van der Waals surface area contributed by atoms with E-state index in [1.165, 1.54) is 0 Å². The van der Waals surface area contributed by atoms with Crippen molar-refractivity contribution in [2.75, 3.05) is 26.2 Å². The number of nitrogens with one attached hydrogen (secondary N) is 3. The lowest BCUT2D eigenvalue weighted by atomic mass is 9.81. The van der Waals surface area contributed by atoms with Crippen molar-refractivity contribution < 1.29 is 22.7 Å². The van der Waals surface area contributed by atoms with Gasteiger partial charge >= 0.3 is 0 Å². The highest BCUT2D eigenvalue weighted by molar-refractivity contribution is 7.89. The van der Waals surface area contributed by atoms with E-state index in [1.54, 1.807) is 30.3 Å². The molecule has 8 nitrogen and oxygen atoms in total. The maximum absolute atomic E-state index is 12.3. The molecule has 2 amide bonds. The fraction of sp³-hybridized carbons (Fsp3) is 0.619. The Kier molecular flexibility index (Phi) is 8.24. The van der Waals surface area contributed by atoms with E-state index in [0.29, 0.717) is 25.9 Å². The Hall–Kier alpha value is -1.97. The van der Waals surface area contributed by atoms with Crippen molar-refractivity contribution in [3.05, 3.63) is 30.3 Å². The molecule has 1 heterocycles. The van der Waals surface area contributed by atoms with E-state index in [2.05, 4.69) is 15.4 Å². The third kappa shape index (κ3) is 6.78. The highest BCUT2D eigenvalue weighted by Gasteiger charge is 2.27. The van der Waals surface area contributed by atoms with E-state index in [4.69, 9.17) is 4.74 Å². The van der Waals surface area contributed by atoms with Crippen molar-refractivity contribution in [3.63, 3.8) is 0 Å². The zero-order valence-electron chi connectivity index (χ0n) is 17.1. The third-order valence-corrected chi connectivity index (χ3v) is 7.25. The summed E-state index contributed by atoms with van der Waals surface area (Å²) in [6.07, 6.45) is 5.01. The molecule has 1 aliphatic carbocycles. The van der Waals surface area contributed by atoms with Crippen LogP contribution in [0, 0.1) is 11.8 Å².